The molecule has 1 spiro atoms. The van der Waals surface area contributed by atoms with Gasteiger partial charge in [0.1, 0.15) is 0 Å². The van der Waals surface area contributed by atoms with Crippen LogP contribution in [-0.2, 0) is 23.1 Å². The van der Waals surface area contributed by atoms with Gasteiger partial charge in [0.05, 0.1) is 25.0 Å². The lowest BCUT2D eigenvalue weighted by Gasteiger charge is -2.44. The first-order valence-electron chi connectivity index (χ1n) is 7.55. The van der Waals surface area contributed by atoms with Crippen LogP contribution in [0.1, 0.15) is 24.8 Å². The number of hydrogen-bond acceptors (Lipinski definition) is 4. The molecule has 0 radical (unpaired) electrons. The Morgan fingerprint density at radius 3 is 3.20 bits per heavy atom. The number of nitrogens with zero attached hydrogens (tertiary/aromatic N) is 3. The monoisotopic (exact) mass is 279 g/mol. The van der Waals surface area contributed by atoms with E-state index in [-0.39, 0.29) is 5.60 Å². The molecule has 1 aliphatic heterocycles. The van der Waals surface area contributed by atoms with Gasteiger partial charge in [0.15, 0.2) is 0 Å². The molecule has 1 saturated carbocycles. The maximum Gasteiger partial charge on any atom is 0.0859 e. The van der Waals surface area contributed by atoms with Gasteiger partial charge in [-0.05, 0) is 12.8 Å². The molecule has 0 amide bonds. The Bertz CT molecular complexity index is 448. The van der Waals surface area contributed by atoms with Crippen molar-refractivity contribution in [2.45, 2.75) is 31.4 Å². The zero-order valence-corrected chi connectivity index (χ0v) is 12.5. The highest BCUT2D eigenvalue weighted by Crippen LogP contribution is 2.41. The van der Waals surface area contributed by atoms with Crippen molar-refractivity contribution >= 4 is 0 Å². The van der Waals surface area contributed by atoms with E-state index in [4.69, 9.17) is 9.47 Å². The molecule has 0 aromatic carbocycles. The minimum absolute atomic E-state index is 0.0243. The summed E-state index contributed by atoms with van der Waals surface area (Å²) >= 11 is 0. The van der Waals surface area contributed by atoms with Gasteiger partial charge in [-0.1, -0.05) is 6.42 Å². The summed E-state index contributed by atoms with van der Waals surface area (Å²) in [7, 11) is 3.76. The zero-order valence-electron chi connectivity index (χ0n) is 12.5. The van der Waals surface area contributed by atoms with E-state index in [1.807, 2.05) is 17.9 Å². The number of aryl methyl sites for hydroxylation is 1. The summed E-state index contributed by atoms with van der Waals surface area (Å²) in [5, 5.41) is 4.25. The van der Waals surface area contributed by atoms with Crippen LogP contribution in [-0.4, -0.2) is 53.7 Å². The molecule has 2 heterocycles. The van der Waals surface area contributed by atoms with Crippen molar-refractivity contribution in [3.8, 4) is 0 Å². The average molecular weight is 279 g/mol. The van der Waals surface area contributed by atoms with Crippen LogP contribution in [0.4, 0.5) is 0 Å². The normalized spacial score (nSPS) is 31.2. The fourth-order valence-corrected chi connectivity index (χ4v) is 3.78. The van der Waals surface area contributed by atoms with Gasteiger partial charge in [-0.25, -0.2) is 0 Å². The van der Waals surface area contributed by atoms with Crippen LogP contribution in [0.25, 0.3) is 0 Å². The smallest absolute Gasteiger partial charge is 0.0859 e. The van der Waals surface area contributed by atoms with Crippen molar-refractivity contribution < 1.29 is 9.47 Å². The molecule has 0 N–H and O–H groups in total. The minimum atomic E-state index is 0.0243. The molecule has 2 aliphatic rings. The van der Waals surface area contributed by atoms with Crippen LogP contribution in [0.5, 0.6) is 0 Å². The third-order valence-corrected chi connectivity index (χ3v) is 4.72. The first-order chi connectivity index (χ1) is 9.72. The molecular formula is C15H25N3O2. The Balaban J connectivity index is 1.66. The van der Waals surface area contributed by atoms with Gasteiger partial charge in [0, 0.05) is 51.5 Å². The molecule has 20 heavy (non-hydrogen) atoms. The first kappa shape index (κ1) is 14.0. The Morgan fingerprint density at radius 1 is 1.55 bits per heavy atom. The molecule has 5 heteroatoms. The largest absolute Gasteiger partial charge is 0.384 e. The lowest BCUT2D eigenvalue weighted by Crippen LogP contribution is -2.54. The first-order valence-corrected chi connectivity index (χ1v) is 7.55. The quantitative estimate of drug-likeness (QED) is 0.836. The Hall–Kier alpha value is -0.910. The highest BCUT2D eigenvalue weighted by atomic mass is 16.5. The van der Waals surface area contributed by atoms with Gasteiger partial charge in [-0.3, -0.25) is 9.58 Å². The number of aromatic nitrogens is 2. The van der Waals surface area contributed by atoms with Gasteiger partial charge < -0.3 is 9.47 Å². The minimum Gasteiger partial charge on any atom is -0.384 e. The van der Waals surface area contributed by atoms with Crippen molar-refractivity contribution in [2.75, 3.05) is 33.4 Å². The molecule has 1 aromatic rings. The number of morpholine rings is 1. The van der Waals surface area contributed by atoms with Crippen LogP contribution in [0.2, 0.25) is 0 Å². The second-order valence-corrected chi connectivity index (χ2v) is 6.19. The lowest BCUT2D eigenvalue weighted by molar-refractivity contribution is -0.141. The lowest BCUT2D eigenvalue weighted by atomic mass is 9.89. The van der Waals surface area contributed by atoms with E-state index in [2.05, 4.69) is 16.2 Å². The van der Waals surface area contributed by atoms with Gasteiger partial charge >= 0.3 is 0 Å². The number of hydrogen-bond donors (Lipinski definition) is 0. The van der Waals surface area contributed by atoms with E-state index in [0.717, 1.165) is 32.8 Å². The van der Waals surface area contributed by atoms with Gasteiger partial charge in [-0.2, -0.15) is 5.10 Å². The van der Waals surface area contributed by atoms with Gasteiger partial charge in [0.25, 0.3) is 0 Å². The molecule has 0 unspecified atom stereocenters. The topological polar surface area (TPSA) is 39.5 Å². The van der Waals surface area contributed by atoms with E-state index in [1.54, 1.807) is 7.11 Å². The molecule has 1 saturated heterocycles. The summed E-state index contributed by atoms with van der Waals surface area (Å²) in [6.45, 7) is 4.66. The third kappa shape index (κ3) is 2.75. The Labute approximate surface area is 120 Å². The van der Waals surface area contributed by atoms with E-state index in [0.29, 0.717) is 5.92 Å². The SMILES string of the molecule is COC[C@@H]1CCC[C@@]12CN(Cc1cnn(C)c1)CCO2. The molecule has 3 rings (SSSR count). The molecule has 112 valence electrons. The Kier molecular flexibility index (Phi) is 4.10. The van der Waals surface area contributed by atoms with Crippen molar-refractivity contribution in [1.29, 1.82) is 0 Å². The van der Waals surface area contributed by atoms with E-state index >= 15 is 0 Å². The predicted molar refractivity (Wildman–Crippen MR) is 76.4 cm³/mol. The standard InChI is InChI=1S/C15H25N3O2/c1-17-9-13(8-16-17)10-18-6-7-20-15(12-18)5-3-4-14(15)11-19-2/h8-9,14H,3-7,10-12H2,1-2H3/t14-,15+/m0/s1. The number of rotatable bonds is 4. The summed E-state index contributed by atoms with van der Waals surface area (Å²) in [6.07, 6.45) is 7.72. The van der Waals surface area contributed by atoms with E-state index in [9.17, 15) is 0 Å². The van der Waals surface area contributed by atoms with Gasteiger partial charge in [0.2, 0.25) is 0 Å². The molecule has 1 aliphatic carbocycles. The average Bonchev–Trinajstić information content (AvgIpc) is 2.99. The molecule has 5 nitrogen and oxygen atoms in total. The molecule has 2 fully saturated rings. The Morgan fingerprint density at radius 2 is 2.45 bits per heavy atom. The molecule has 2 atom stereocenters. The maximum atomic E-state index is 6.22. The molecule has 0 bridgehead atoms. The highest BCUT2D eigenvalue weighted by molar-refractivity contribution is 5.05. The van der Waals surface area contributed by atoms with Gasteiger partial charge in [-0.15, -0.1) is 0 Å². The van der Waals surface area contributed by atoms with E-state index in [1.165, 1.54) is 24.8 Å². The zero-order chi connectivity index (χ0) is 14.0. The van der Waals surface area contributed by atoms with Crippen LogP contribution < -0.4 is 0 Å². The van der Waals surface area contributed by atoms with Crippen LogP contribution >= 0.6 is 0 Å². The summed E-state index contributed by atoms with van der Waals surface area (Å²) < 4.78 is 13.5. The fourth-order valence-electron chi connectivity index (χ4n) is 3.78. The van der Waals surface area contributed by atoms with Crippen molar-refractivity contribution in [1.82, 2.24) is 14.7 Å². The predicted octanol–water partition coefficient (Wildman–Crippen LogP) is 1.44. The second-order valence-electron chi connectivity index (χ2n) is 6.19. The molecular weight excluding hydrogens is 254 g/mol. The highest BCUT2D eigenvalue weighted by Gasteiger charge is 2.46. The summed E-state index contributed by atoms with van der Waals surface area (Å²) in [5.74, 6) is 0.546. The summed E-state index contributed by atoms with van der Waals surface area (Å²) in [5.41, 5.74) is 1.31. The fraction of sp³-hybridized carbons (Fsp3) is 0.800. The van der Waals surface area contributed by atoms with Crippen molar-refractivity contribution in [3.05, 3.63) is 18.0 Å². The number of methoxy groups -OCH3 is 1. The number of ether oxygens (including phenoxy) is 2. The summed E-state index contributed by atoms with van der Waals surface area (Å²) in [6, 6.07) is 0. The maximum absolute atomic E-state index is 6.22. The van der Waals surface area contributed by atoms with Crippen LogP contribution in [0.15, 0.2) is 12.4 Å². The van der Waals surface area contributed by atoms with Crippen molar-refractivity contribution in [3.63, 3.8) is 0 Å². The van der Waals surface area contributed by atoms with E-state index < -0.39 is 0 Å². The van der Waals surface area contributed by atoms with Crippen molar-refractivity contribution in [2.24, 2.45) is 13.0 Å². The third-order valence-electron chi connectivity index (χ3n) is 4.72. The molecule has 1 aromatic heterocycles. The summed E-state index contributed by atoms with van der Waals surface area (Å²) in [4.78, 5) is 2.51. The van der Waals surface area contributed by atoms with Crippen LogP contribution in [0, 0.1) is 5.92 Å². The second kappa shape index (κ2) is 5.84. The van der Waals surface area contributed by atoms with Crippen LogP contribution in [0.3, 0.4) is 0 Å².